The van der Waals surface area contributed by atoms with E-state index in [4.69, 9.17) is 5.73 Å². The number of anilines is 1. The van der Waals surface area contributed by atoms with E-state index in [1.807, 2.05) is 0 Å². The Hall–Kier alpha value is -1.63. The SMILES string of the molecule is CC(=O)NC(N)=NNc1cc(F)ccc1Br. The van der Waals surface area contributed by atoms with Crippen molar-refractivity contribution in [1.82, 2.24) is 5.32 Å². The summed E-state index contributed by atoms with van der Waals surface area (Å²) in [7, 11) is 0. The number of guanidine groups is 1. The minimum atomic E-state index is -0.404. The first-order chi connectivity index (χ1) is 7.49. The summed E-state index contributed by atoms with van der Waals surface area (Å²) in [6, 6.07) is 4.08. The van der Waals surface area contributed by atoms with Crippen LogP contribution in [-0.2, 0) is 4.79 Å². The van der Waals surface area contributed by atoms with E-state index in [9.17, 15) is 9.18 Å². The number of hydrogen-bond donors (Lipinski definition) is 3. The maximum Gasteiger partial charge on any atom is 0.223 e. The van der Waals surface area contributed by atoms with Gasteiger partial charge in [-0.15, -0.1) is 5.10 Å². The van der Waals surface area contributed by atoms with Gasteiger partial charge in [-0.05, 0) is 34.1 Å². The smallest absolute Gasteiger partial charge is 0.223 e. The van der Waals surface area contributed by atoms with Crippen LogP contribution in [0.5, 0.6) is 0 Å². The number of rotatable bonds is 2. The maximum absolute atomic E-state index is 12.9. The molecule has 0 spiro atoms. The normalized spacial score (nSPS) is 11.1. The second-order valence-electron chi connectivity index (χ2n) is 2.91. The van der Waals surface area contributed by atoms with Gasteiger partial charge in [0.05, 0.1) is 5.69 Å². The van der Waals surface area contributed by atoms with Crippen molar-refractivity contribution in [3.8, 4) is 0 Å². The van der Waals surface area contributed by atoms with Crippen molar-refractivity contribution in [2.45, 2.75) is 6.92 Å². The van der Waals surface area contributed by atoms with Crippen molar-refractivity contribution in [2.75, 3.05) is 5.43 Å². The van der Waals surface area contributed by atoms with Gasteiger partial charge in [0.1, 0.15) is 5.82 Å². The molecule has 0 aliphatic carbocycles. The number of benzene rings is 1. The van der Waals surface area contributed by atoms with Gasteiger partial charge in [0, 0.05) is 11.4 Å². The van der Waals surface area contributed by atoms with Gasteiger partial charge in [-0.3, -0.25) is 15.5 Å². The number of carbonyl (C=O) groups excluding carboxylic acids is 1. The fourth-order valence-corrected chi connectivity index (χ4v) is 1.25. The van der Waals surface area contributed by atoms with Crippen LogP contribution in [0.4, 0.5) is 10.1 Å². The van der Waals surface area contributed by atoms with E-state index in [-0.39, 0.29) is 11.9 Å². The second kappa shape index (κ2) is 5.45. The zero-order valence-corrected chi connectivity index (χ0v) is 10.0. The van der Waals surface area contributed by atoms with E-state index < -0.39 is 5.82 Å². The summed E-state index contributed by atoms with van der Waals surface area (Å²) in [5.74, 6) is -0.830. The fraction of sp³-hybridized carbons (Fsp3) is 0.111. The lowest BCUT2D eigenvalue weighted by Gasteiger charge is -2.05. The van der Waals surface area contributed by atoms with Crippen molar-refractivity contribution in [2.24, 2.45) is 10.8 Å². The molecule has 5 nitrogen and oxygen atoms in total. The number of nitrogens with two attached hydrogens (primary N) is 1. The zero-order chi connectivity index (χ0) is 12.1. The molecule has 1 aromatic carbocycles. The zero-order valence-electron chi connectivity index (χ0n) is 8.42. The first-order valence-electron chi connectivity index (χ1n) is 4.31. The van der Waals surface area contributed by atoms with Crippen LogP contribution in [0.3, 0.4) is 0 Å². The molecule has 1 aromatic rings. The number of halogens is 2. The summed E-state index contributed by atoms with van der Waals surface area (Å²) in [5.41, 5.74) is 8.29. The van der Waals surface area contributed by atoms with Gasteiger partial charge in [-0.1, -0.05) is 0 Å². The van der Waals surface area contributed by atoms with Crippen LogP contribution >= 0.6 is 15.9 Å². The number of amides is 1. The molecule has 0 unspecified atom stereocenters. The molecule has 0 aromatic heterocycles. The Labute approximate surface area is 100 Å². The number of carbonyl (C=O) groups is 1. The van der Waals surface area contributed by atoms with Crippen LogP contribution in [0.1, 0.15) is 6.92 Å². The number of nitrogens with one attached hydrogen (secondary N) is 2. The largest absolute Gasteiger partial charge is 0.368 e. The molecule has 0 fully saturated rings. The molecule has 0 heterocycles. The lowest BCUT2D eigenvalue weighted by molar-refractivity contribution is -0.117. The molecule has 0 aliphatic heterocycles. The third-order valence-electron chi connectivity index (χ3n) is 1.53. The average molecular weight is 289 g/mol. The standard InChI is InChI=1S/C9H10BrFN4O/c1-5(16)13-9(12)15-14-8-4-6(11)2-3-7(8)10/h2-4,14H,1H3,(H3,12,13,15,16). The van der Waals surface area contributed by atoms with Crippen molar-refractivity contribution in [3.63, 3.8) is 0 Å². The third kappa shape index (κ3) is 3.85. The topological polar surface area (TPSA) is 79.5 Å². The fourth-order valence-electron chi connectivity index (χ4n) is 0.912. The Bertz CT molecular complexity index is 436. The summed E-state index contributed by atoms with van der Waals surface area (Å²) < 4.78 is 13.5. The van der Waals surface area contributed by atoms with Crippen molar-refractivity contribution < 1.29 is 9.18 Å². The van der Waals surface area contributed by atoms with Crippen molar-refractivity contribution >= 4 is 33.5 Å². The molecule has 1 amide bonds. The van der Waals surface area contributed by atoms with Gasteiger partial charge in [0.15, 0.2) is 0 Å². The Morgan fingerprint density at radius 3 is 2.88 bits per heavy atom. The quantitative estimate of drug-likeness (QED) is 0.437. The monoisotopic (exact) mass is 288 g/mol. The van der Waals surface area contributed by atoms with Gasteiger partial charge < -0.3 is 5.73 Å². The summed E-state index contributed by atoms with van der Waals surface area (Å²) in [6.07, 6.45) is 0. The van der Waals surface area contributed by atoms with Crippen molar-refractivity contribution in [1.29, 1.82) is 0 Å². The van der Waals surface area contributed by atoms with Crippen LogP contribution < -0.4 is 16.5 Å². The lowest BCUT2D eigenvalue weighted by atomic mass is 10.3. The van der Waals surface area contributed by atoms with Crippen LogP contribution in [-0.4, -0.2) is 11.9 Å². The molecular formula is C9H10BrFN4O. The second-order valence-corrected chi connectivity index (χ2v) is 3.77. The molecule has 1 rings (SSSR count). The van der Waals surface area contributed by atoms with Gasteiger partial charge >= 0.3 is 0 Å². The molecule has 4 N–H and O–H groups in total. The maximum atomic E-state index is 12.9. The molecule has 16 heavy (non-hydrogen) atoms. The van der Waals surface area contributed by atoms with E-state index in [1.54, 1.807) is 0 Å². The highest BCUT2D eigenvalue weighted by atomic mass is 79.9. The minimum absolute atomic E-state index is 0.0938. The number of hydrazone groups is 1. The van der Waals surface area contributed by atoms with Crippen LogP contribution in [0, 0.1) is 5.82 Å². The minimum Gasteiger partial charge on any atom is -0.368 e. The van der Waals surface area contributed by atoms with E-state index >= 15 is 0 Å². The van der Waals surface area contributed by atoms with Gasteiger partial charge in [-0.2, -0.15) is 0 Å². The molecule has 86 valence electrons. The van der Waals surface area contributed by atoms with Crippen LogP contribution in [0.2, 0.25) is 0 Å². The summed E-state index contributed by atoms with van der Waals surface area (Å²) in [6.45, 7) is 1.31. The predicted molar refractivity (Wildman–Crippen MR) is 63.2 cm³/mol. The first kappa shape index (κ1) is 12.4. The molecule has 0 radical (unpaired) electrons. The molecule has 0 saturated carbocycles. The van der Waals surface area contributed by atoms with Gasteiger partial charge in [0.2, 0.25) is 11.9 Å². The Balaban J connectivity index is 2.73. The first-order valence-corrected chi connectivity index (χ1v) is 5.10. The summed E-state index contributed by atoms with van der Waals surface area (Å²) >= 11 is 3.20. The number of hydrogen-bond acceptors (Lipinski definition) is 3. The Morgan fingerprint density at radius 2 is 2.25 bits per heavy atom. The van der Waals surface area contributed by atoms with Crippen LogP contribution in [0.15, 0.2) is 27.8 Å². The summed E-state index contributed by atoms with van der Waals surface area (Å²) in [4.78, 5) is 10.6. The molecule has 0 saturated heterocycles. The van der Waals surface area contributed by atoms with E-state index in [1.165, 1.54) is 25.1 Å². The molecule has 7 heteroatoms. The van der Waals surface area contributed by atoms with Crippen LogP contribution in [0.25, 0.3) is 0 Å². The lowest BCUT2D eigenvalue weighted by Crippen LogP contribution is -2.35. The highest BCUT2D eigenvalue weighted by Crippen LogP contribution is 2.22. The van der Waals surface area contributed by atoms with E-state index in [0.717, 1.165) is 0 Å². The molecule has 0 bridgehead atoms. The third-order valence-corrected chi connectivity index (χ3v) is 2.22. The molecule has 0 aliphatic rings. The van der Waals surface area contributed by atoms with Crippen molar-refractivity contribution in [3.05, 3.63) is 28.5 Å². The average Bonchev–Trinajstić information content (AvgIpc) is 2.18. The predicted octanol–water partition coefficient (Wildman–Crippen LogP) is 1.37. The molecule has 0 atom stereocenters. The number of nitrogens with zero attached hydrogens (tertiary/aromatic N) is 1. The summed E-state index contributed by atoms with van der Waals surface area (Å²) in [5, 5.41) is 5.92. The highest BCUT2D eigenvalue weighted by molar-refractivity contribution is 9.10. The highest BCUT2D eigenvalue weighted by Gasteiger charge is 2.01. The molecular weight excluding hydrogens is 279 g/mol. The Kier molecular flexibility index (Phi) is 4.24. The van der Waals surface area contributed by atoms with E-state index in [0.29, 0.717) is 10.2 Å². The van der Waals surface area contributed by atoms with E-state index in [2.05, 4.69) is 31.8 Å². The van der Waals surface area contributed by atoms with Gasteiger partial charge in [-0.25, -0.2) is 4.39 Å². The van der Waals surface area contributed by atoms with Gasteiger partial charge in [0.25, 0.3) is 0 Å². The Morgan fingerprint density at radius 1 is 1.56 bits per heavy atom.